The van der Waals surface area contributed by atoms with Crippen LogP contribution in [0, 0.1) is 0 Å². The molecule has 0 unspecified atom stereocenters. The van der Waals surface area contributed by atoms with Crippen molar-refractivity contribution < 1.29 is 4.79 Å². The molecule has 0 aliphatic heterocycles. The van der Waals surface area contributed by atoms with Crippen LogP contribution in [0.2, 0.25) is 0 Å². The molecular weight excluding hydrogens is 194 g/mol. The lowest BCUT2D eigenvalue weighted by Gasteiger charge is -2.10. The second-order valence-electron chi connectivity index (χ2n) is 2.15. The standard InChI is InChI=1S/C8H8ClNOS/c1-10(8(9)11)12-7-5-3-2-4-6-7/h2-6H,1H3. The number of carbonyl (C=O) groups is 1. The number of halogens is 1. The van der Waals surface area contributed by atoms with E-state index in [9.17, 15) is 4.79 Å². The average Bonchev–Trinajstić information content (AvgIpc) is 2.06. The summed E-state index contributed by atoms with van der Waals surface area (Å²) in [7, 11) is 1.63. The van der Waals surface area contributed by atoms with Crippen molar-refractivity contribution >= 4 is 28.9 Å². The molecule has 0 saturated heterocycles. The third-order valence-corrected chi connectivity index (χ3v) is 2.51. The van der Waals surface area contributed by atoms with Crippen LogP contribution in [0.5, 0.6) is 0 Å². The van der Waals surface area contributed by atoms with Gasteiger partial charge in [0.15, 0.2) is 0 Å². The summed E-state index contributed by atoms with van der Waals surface area (Å²) < 4.78 is 1.37. The van der Waals surface area contributed by atoms with E-state index in [1.165, 1.54) is 16.3 Å². The number of nitrogens with zero attached hydrogens (tertiary/aromatic N) is 1. The number of benzene rings is 1. The van der Waals surface area contributed by atoms with Crippen molar-refractivity contribution in [2.45, 2.75) is 4.90 Å². The monoisotopic (exact) mass is 201 g/mol. The van der Waals surface area contributed by atoms with E-state index < -0.39 is 5.37 Å². The second kappa shape index (κ2) is 4.38. The molecule has 0 saturated carbocycles. The van der Waals surface area contributed by atoms with Gasteiger partial charge in [-0.3, -0.25) is 9.10 Å². The van der Waals surface area contributed by atoms with E-state index in [4.69, 9.17) is 11.6 Å². The molecule has 0 aromatic heterocycles. The van der Waals surface area contributed by atoms with E-state index >= 15 is 0 Å². The minimum absolute atomic E-state index is 0.469. The van der Waals surface area contributed by atoms with E-state index in [1.807, 2.05) is 30.3 Å². The number of hydrogen-bond acceptors (Lipinski definition) is 2. The van der Waals surface area contributed by atoms with Crippen LogP contribution in [0.3, 0.4) is 0 Å². The summed E-state index contributed by atoms with van der Waals surface area (Å²) in [5, 5.41) is -0.469. The molecule has 0 heterocycles. The summed E-state index contributed by atoms with van der Waals surface area (Å²) in [6, 6.07) is 9.58. The highest BCUT2D eigenvalue weighted by Gasteiger charge is 2.05. The Morgan fingerprint density at radius 1 is 1.42 bits per heavy atom. The van der Waals surface area contributed by atoms with E-state index in [-0.39, 0.29) is 0 Å². The van der Waals surface area contributed by atoms with Gasteiger partial charge in [-0.2, -0.15) is 0 Å². The zero-order valence-electron chi connectivity index (χ0n) is 6.53. The molecule has 0 atom stereocenters. The molecule has 4 heteroatoms. The quantitative estimate of drug-likeness (QED) is 0.417. The van der Waals surface area contributed by atoms with Gasteiger partial charge in [0.2, 0.25) is 0 Å². The largest absolute Gasteiger partial charge is 0.326 e. The van der Waals surface area contributed by atoms with Gasteiger partial charge in [-0.1, -0.05) is 18.2 Å². The molecule has 0 aliphatic rings. The first-order valence-corrected chi connectivity index (χ1v) is 4.51. The van der Waals surface area contributed by atoms with Crippen molar-refractivity contribution in [2.24, 2.45) is 0 Å². The molecule has 0 radical (unpaired) electrons. The van der Waals surface area contributed by atoms with Gasteiger partial charge in [-0.05, 0) is 35.7 Å². The Labute approximate surface area is 80.6 Å². The first-order valence-electron chi connectivity index (χ1n) is 3.36. The molecule has 0 aliphatic carbocycles. The van der Waals surface area contributed by atoms with Gasteiger partial charge >= 0.3 is 5.37 Å². The predicted octanol–water partition coefficient (Wildman–Crippen LogP) is 2.98. The van der Waals surface area contributed by atoms with Crippen LogP contribution in [0.1, 0.15) is 0 Å². The summed E-state index contributed by atoms with van der Waals surface area (Å²) in [5.41, 5.74) is 0. The van der Waals surface area contributed by atoms with Gasteiger partial charge in [0.25, 0.3) is 0 Å². The van der Waals surface area contributed by atoms with Crippen molar-refractivity contribution in [2.75, 3.05) is 7.05 Å². The van der Waals surface area contributed by atoms with Gasteiger partial charge in [0.05, 0.1) is 0 Å². The number of amides is 1. The minimum atomic E-state index is -0.469. The average molecular weight is 202 g/mol. The fourth-order valence-electron chi connectivity index (χ4n) is 0.675. The Morgan fingerprint density at radius 3 is 2.50 bits per heavy atom. The van der Waals surface area contributed by atoms with Crippen LogP contribution in [0.25, 0.3) is 0 Å². The van der Waals surface area contributed by atoms with Gasteiger partial charge in [-0.25, -0.2) is 0 Å². The summed E-state index contributed by atoms with van der Waals surface area (Å²) >= 11 is 6.55. The van der Waals surface area contributed by atoms with Crippen molar-refractivity contribution in [1.82, 2.24) is 4.31 Å². The van der Waals surface area contributed by atoms with Crippen LogP contribution < -0.4 is 0 Å². The smallest absolute Gasteiger partial charge is 0.272 e. The van der Waals surface area contributed by atoms with Gasteiger partial charge in [0, 0.05) is 11.9 Å². The maximum atomic E-state index is 10.6. The Bertz CT molecular complexity index is 265. The molecule has 1 aromatic rings. The second-order valence-corrected chi connectivity index (χ2v) is 3.68. The van der Waals surface area contributed by atoms with Crippen molar-refractivity contribution in [3.8, 4) is 0 Å². The summed E-state index contributed by atoms with van der Waals surface area (Å²) in [6.07, 6.45) is 0. The molecule has 0 N–H and O–H groups in total. The molecule has 1 aromatic carbocycles. The van der Waals surface area contributed by atoms with Gasteiger partial charge < -0.3 is 0 Å². The molecule has 2 nitrogen and oxygen atoms in total. The number of hydrogen-bond donors (Lipinski definition) is 0. The first-order chi connectivity index (χ1) is 5.70. The van der Waals surface area contributed by atoms with Crippen LogP contribution >= 0.6 is 23.5 Å². The topological polar surface area (TPSA) is 20.3 Å². The fraction of sp³-hybridized carbons (Fsp3) is 0.125. The zero-order chi connectivity index (χ0) is 8.97. The van der Waals surface area contributed by atoms with Crippen molar-refractivity contribution in [3.63, 3.8) is 0 Å². The predicted molar refractivity (Wildman–Crippen MR) is 51.3 cm³/mol. The molecular formula is C8H8ClNOS. The summed E-state index contributed by atoms with van der Waals surface area (Å²) in [5.74, 6) is 0. The molecule has 0 fully saturated rings. The molecule has 1 rings (SSSR count). The lowest BCUT2D eigenvalue weighted by molar-refractivity contribution is 0.251. The van der Waals surface area contributed by atoms with Gasteiger partial charge in [0.1, 0.15) is 0 Å². The minimum Gasteiger partial charge on any atom is -0.272 e. The molecule has 0 bridgehead atoms. The van der Waals surface area contributed by atoms with Crippen LogP contribution in [0.15, 0.2) is 35.2 Å². The highest BCUT2D eigenvalue weighted by atomic mass is 35.5. The fourth-order valence-corrected chi connectivity index (χ4v) is 1.45. The Balaban J connectivity index is 2.58. The Hall–Kier alpha value is -0.670. The zero-order valence-corrected chi connectivity index (χ0v) is 8.10. The van der Waals surface area contributed by atoms with Gasteiger partial charge in [-0.15, -0.1) is 0 Å². The molecule has 64 valence electrons. The highest BCUT2D eigenvalue weighted by Crippen LogP contribution is 2.21. The van der Waals surface area contributed by atoms with Crippen molar-refractivity contribution in [1.29, 1.82) is 0 Å². The van der Waals surface area contributed by atoms with E-state index in [2.05, 4.69) is 0 Å². The van der Waals surface area contributed by atoms with E-state index in [0.717, 1.165) is 4.90 Å². The van der Waals surface area contributed by atoms with Crippen molar-refractivity contribution in [3.05, 3.63) is 30.3 Å². The summed E-state index contributed by atoms with van der Waals surface area (Å²) in [4.78, 5) is 11.6. The van der Waals surface area contributed by atoms with Crippen LogP contribution in [-0.2, 0) is 0 Å². The SMILES string of the molecule is CN(Sc1ccccc1)C(=O)Cl. The third-order valence-electron chi connectivity index (χ3n) is 1.23. The maximum absolute atomic E-state index is 10.6. The van der Waals surface area contributed by atoms with E-state index in [0.29, 0.717) is 0 Å². The number of rotatable bonds is 2. The molecule has 1 amide bonds. The third kappa shape index (κ3) is 2.75. The van der Waals surface area contributed by atoms with E-state index in [1.54, 1.807) is 7.05 Å². The maximum Gasteiger partial charge on any atom is 0.326 e. The number of carbonyl (C=O) groups excluding carboxylic acids is 1. The normalized spacial score (nSPS) is 9.50. The lowest BCUT2D eigenvalue weighted by atomic mass is 10.4. The highest BCUT2D eigenvalue weighted by molar-refractivity contribution is 7.97. The Morgan fingerprint density at radius 2 is 2.00 bits per heavy atom. The first kappa shape index (κ1) is 9.42. The lowest BCUT2D eigenvalue weighted by Crippen LogP contribution is -2.10. The van der Waals surface area contributed by atoms with Crippen LogP contribution in [-0.4, -0.2) is 16.7 Å². The molecule has 0 spiro atoms. The van der Waals surface area contributed by atoms with Crippen LogP contribution in [0.4, 0.5) is 4.79 Å². The molecule has 12 heavy (non-hydrogen) atoms. The summed E-state index contributed by atoms with van der Waals surface area (Å²) in [6.45, 7) is 0. The Kier molecular flexibility index (Phi) is 3.44.